The lowest BCUT2D eigenvalue weighted by Gasteiger charge is -2.45. The number of nitrogens with one attached hydrogen (secondary N) is 2. The number of hydrogen-bond donors (Lipinski definition) is 3. The number of benzene rings is 2. The molecule has 0 aliphatic carbocycles. The molecule has 1 saturated heterocycles. The van der Waals surface area contributed by atoms with E-state index >= 15 is 0 Å². The van der Waals surface area contributed by atoms with Crippen molar-refractivity contribution in [1.29, 1.82) is 0 Å². The van der Waals surface area contributed by atoms with Crippen molar-refractivity contribution in [2.45, 2.75) is 32.9 Å². The molecule has 9 heteroatoms. The monoisotopic (exact) mass is 479 g/mol. The maximum absolute atomic E-state index is 12.6. The van der Waals surface area contributed by atoms with Crippen LogP contribution < -0.4 is 20.4 Å². The molecule has 186 valence electrons. The molecule has 0 aromatic heterocycles. The van der Waals surface area contributed by atoms with Gasteiger partial charge in [0.1, 0.15) is 0 Å². The Bertz CT molecular complexity index is 1110. The van der Waals surface area contributed by atoms with Gasteiger partial charge in [0.2, 0.25) is 5.91 Å². The molecule has 0 unspecified atom stereocenters. The third kappa shape index (κ3) is 4.76. The average molecular weight is 480 g/mol. The Labute approximate surface area is 205 Å². The second-order valence-corrected chi connectivity index (χ2v) is 9.27. The number of hydrogen-bond acceptors (Lipinski definition) is 5. The zero-order valence-corrected chi connectivity index (χ0v) is 20.6. The fraction of sp³-hybridized carbons (Fsp3) is 0.423. The van der Waals surface area contributed by atoms with Gasteiger partial charge in [0.15, 0.2) is 0 Å². The highest BCUT2D eigenvalue weighted by Crippen LogP contribution is 2.44. The molecular formula is C26H33N5O4. The summed E-state index contributed by atoms with van der Waals surface area (Å²) in [6, 6.07) is 13.5. The van der Waals surface area contributed by atoms with Crippen molar-refractivity contribution in [1.82, 2.24) is 10.2 Å². The largest absolute Gasteiger partial charge is 0.465 e. The SMILES string of the molecule is CNC(=O)c1ccc(N[C@H]2c3cc(N4CCN(C(=O)O)CC4)ccc3N(C(C)=O)[C@@H](C)[C@@H]2C)cc1. The van der Waals surface area contributed by atoms with Gasteiger partial charge in [0.25, 0.3) is 5.91 Å². The van der Waals surface area contributed by atoms with Gasteiger partial charge in [-0.05, 0) is 49.4 Å². The number of amides is 3. The molecule has 2 heterocycles. The van der Waals surface area contributed by atoms with Crippen LogP contribution in [0, 0.1) is 5.92 Å². The van der Waals surface area contributed by atoms with E-state index in [0.29, 0.717) is 31.7 Å². The Kier molecular flexibility index (Phi) is 6.86. The van der Waals surface area contributed by atoms with E-state index in [1.54, 1.807) is 26.1 Å². The van der Waals surface area contributed by atoms with E-state index in [1.165, 1.54) is 4.90 Å². The Morgan fingerprint density at radius 3 is 2.20 bits per heavy atom. The highest BCUT2D eigenvalue weighted by molar-refractivity contribution is 5.95. The fourth-order valence-electron chi connectivity index (χ4n) is 5.09. The number of piperazine rings is 1. The molecule has 9 nitrogen and oxygen atoms in total. The van der Waals surface area contributed by atoms with Gasteiger partial charge in [-0.2, -0.15) is 0 Å². The van der Waals surface area contributed by atoms with Gasteiger partial charge in [-0.3, -0.25) is 9.59 Å². The Hall–Kier alpha value is -3.75. The van der Waals surface area contributed by atoms with Crippen LogP contribution in [0.1, 0.15) is 42.7 Å². The first-order chi connectivity index (χ1) is 16.7. The molecule has 2 aliphatic heterocycles. The zero-order valence-electron chi connectivity index (χ0n) is 20.6. The summed E-state index contributed by atoms with van der Waals surface area (Å²) in [7, 11) is 1.61. The number of carbonyl (C=O) groups is 3. The van der Waals surface area contributed by atoms with Gasteiger partial charge in [-0.1, -0.05) is 6.92 Å². The lowest BCUT2D eigenvalue weighted by atomic mass is 9.82. The van der Waals surface area contributed by atoms with Gasteiger partial charge < -0.3 is 30.4 Å². The molecule has 35 heavy (non-hydrogen) atoms. The standard InChI is InChI=1S/C26H33N5O4/c1-16-17(2)31(18(3)32)23-10-9-21(29-11-13-30(14-12-29)26(34)35)15-22(23)24(16)28-20-7-5-19(6-8-20)25(33)27-4/h5-10,15-17,24,28H,11-14H2,1-4H3,(H,27,33)(H,34,35)/t16-,17-,24+/m0/s1. The Balaban J connectivity index is 1.66. The van der Waals surface area contributed by atoms with E-state index in [-0.39, 0.29) is 29.8 Å². The molecule has 2 aromatic rings. The minimum Gasteiger partial charge on any atom is -0.465 e. The average Bonchev–Trinajstić information content (AvgIpc) is 2.86. The normalized spacial score (nSPS) is 21.8. The van der Waals surface area contributed by atoms with Crippen molar-refractivity contribution in [3.8, 4) is 0 Å². The number of anilines is 3. The summed E-state index contributed by atoms with van der Waals surface area (Å²) in [5.41, 5.74) is 4.41. The number of nitrogens with zero attached hydrogens (tertiary/aromatic N) is 3. The summed E-state index contributed by atoms with van der Waals surface area (Å²) in [6.45, 7) is 7.95. The lowest BCUT2D eigenvalue weighted by molar-refractivity contribution is -0.117. The number of rotatable bonds is 4. The fourth-order valence-corrected chi connectivity index (χ4v) is 5.09. The first kappa shape index (κ1) is 24.4. The number of carbonyl (C=O) groups excluding carboxylic acids is 2. The Morgan fingerprint density at radius 2 is 1.63 bits per heavy atom. The van der Waals surface area contributed by atoms with Gasteiger partial charge in [-0.25, -0.2) is 4.79 Å². The first-order valence-corrected chi connectivity index (χ1v) is 12.0. The second kappa shape index (κ2) is 9.85. The number of fused-ring (bicyclic) bond motifs is 1. The summed E-state index contributed by atoms with van der Waals surface area (Å²) < 4.78 is 0. The van der Waals surface area contributed by atoms with Gasteiger partial charge in [-0.15, -0.1) is 0 Å². The van der Waals surface area contributed by atoms with E-state index in [1.807, 2.05) is 29.2 Å². The third-order valence-corrected chi connectivity index (χ3v) is 7.25. The summed E-state index contributed by atoms with van der Waals surface area (Å²) in [4.78, 5) is 41.3. The molecule has 2 aromatic carbocycles. The predicted molar refractivity (Wildman–Crippen MR) is 136 cm³/mol. The van der Waals surface area contributed by atoms with Crippen LogP contribution in [0.4, 0.5) is 21.9 Å². The van der Waals surface area contributed by atoms with Gasteiger partial charge >= 0.3 is 6.09 Å². The summed E-state index contributed by atoms with van der Waals surface area (Å²) in [5, 5.41) is 15.5. The third-order valence-electron chi connectivity index (χ3n) is 7.25. The molecule has 0 spiro atoms. The van der Waals surface area contributed by atoms with Crippen LogP contribution >= 0.6 is 0 Å². The van der Waals surface area contributed by atoms with Crippen molar-refractivity contribution >= 4 is 35.0 Å². The van der Waals surface area contributed by atoms with Crippen molar-refractivity contribution in [2.24, 2.45) is 5.92 Å². The molecule has 4 rings (SSSR count). The minimum atomic E-state index is -0.887. The Morgan fingerprint density at radius 1 is 0.971 bits per heavy atom. The van der Waals surface area contributed by atoms with E-state index in [2.05, 4.69) is 35.4 Å². The topological polar surface area (TPSA) is 105 Å². The van der Waals surface area contributed by atoms with Crippen molar-refractivity contribution < 1.29 is 19.5 Å². The molecule has 3 amide bonds. The maximum Gasteiger partial charge on any atom is 0.407 e. The molecule has 0 bridgehead atoms. The molecular weight excluding hydrogens is 446 g/mol. The molecule has 3 atom stereocenters. The van der Waals surface area contributed by atoms with Gasteiger partial charge in [0.05, 0.1) is 6.04 Å². The van der Waals surface area contributed by atoms with E-state index < -0.39 is 6.09 Å². The van der Waals surface area contributed by atoms with Crippen LogP contribution in [0.15, 0.2) is 42.5 Å². The first-order valence-electron chi connectivity index (χ1n) is 12.0. The van der Waals surface area contributed by atoms with Crippen LogP contribution in [-0.4, -0.2) is 67.2 Å². The van der Waals surface area contributed by atoms with Crippen molar-refractivity contribution in [3.05, 3.63) is 53.6 Å². The lowest BCUT2D eigenvalue weighted by Crippen LogP contribution is -2.49. The van der Waals surface area contributed by atoms with Crippen LogP contribution in [0.25, 0.3) is 0 Å². The van der Waals surface area contributed by atoms with E-state index in [4.69, 9.17) is 0 Å². The van der Waals surface area contributed by atoms with E-state index in [0.717, 1.165) is 22.6 Å². The zero-order chi connectivity index (χ0) is 25.3. The van der Waals surface area contributed by atoms with Crippen LogP contribution in [0.5, 0.6) is 0 Å². The molecule has 1 fully saturated rings. The second-order valence-electron chi connectivity index (χ2n) is 9.27. The van der Waals surface area contributed by atoms with Crippen molar-refractivity contribution in [2.75, 3.05) is 48.3 Å². The molecule has 0 radical (unpaired) electrons. The van der Waals surface area contributed by atoms with Crippen LogP contribution in [-0.2, 0) is 4.79 Å². The van der Waals surface area contributed by atoms with Crippen LogP contribution in [0.2, 0.25) is 0 Å². The van der Waals surface area contributed by atoms with Crippen molar-refractivity contribution in [3.63, 3.8) is 0 Å². The number of carboxylic acid groups (broad SMARTS) is 1. The van der Waals surface area contributed by atoms with Crippen LogP contribution in [0.3, 0.4) is 0 Å². The molecule has 0 saturated carbocycles. The summed E-state index contributed by atoms with van der Waals surface area (Å²) >= 11 is 0. The maximum atomic E-state index is 12.6. The van der Waals surface area contributed by atoms with Gasteiger partial charge in [0, 0.05) is 80.3 Å². The molecule has 3 N–H and O–H groups in total. The smallest absolute Gasteiger partial charge is 0.407 e. The summed E-state index contributed by atoms with van der Waals surface area (Å²) in [5.74, 6) is -0.0165. The highest BCUT2D eigenvalue weighted by atomic mass is 16.4. The molecule has 2 aliphatic rings. The van der Waals surface area contributed by atoms with E-state index in [9.17, 15) is 19.5 Å². The highest BCUT2D eigenvalue weighted by Gasteiger charge is 2.38. The summed E-state index contributed by atoms with van der Waals surface area (Å²) in [6.07, 6.45) is -0.887. The minimum absolute atomic E-state index is 0.00167. The quantitative estimate of drug-likeness (QED) is 0.621. The predicted octanol–water partition coefficient (Wildman–Crippen LogP) is 3.39.